The van der Waals surface area contributed by atoms with Crippen molar-refractivity contribution in [1.29, 1.82) is 0 Å². The number of cyclic esters (lactones) is 1. The summed E-state index contributed by atoms with van der Waals surface area (Å²) in [5, 5.41) is 0. The topological polar surface area (TPSA) is 52.6 Å². The number of esters is 2. The lowest BCUT2D eigenvalue weighted by Crippen LogP contribution is -2.29. The van der Waals surface area contributed by atoms with Crippen LogP contribution in [0.15, 0.2) is 12.2 Å². The van der Waals surface area contributed by atoms with E-state index < -0.39 is 12.1 Å². The molecule has 86 valence electrons. The summed E-state index contributed by atoms with van der Waals surface area (Å²) >= 11 is 0. The van der Waals surface area contributed by atoms with Crippen molar-refractivity contribution in [3.63, 3.8) is 0 Å². The maximum Gasteiger partial charge on any atom is 0.347 e. The lowest BCUT2D eigenvalue weighted by molar-refractivity contribution is -0.163. The lowest BCUT2D eigenvalue weighted by Gasteiger charge is -2.18. The van der Waals surface area contributed by atoms with Crippen molar-refractivity contribution in [2.24, 2.45) is 17.8 Å². The summed E-state index contributed by atoms with van der Waals surface area (Å²) in [4.78, 5) is 23.0. The first-order valence-electron chi connectivity index (χ1n) is 5.79. The number of carbonyl (C=O) groups excluding carboxylic acids is 2. The molecule has 0 N–H and O–H groups in total. The third-order valence-electron chi connectivity index (χ3n) is 3.73. The van der Waals surface area contributed by atoms with E-state index >= 15 is 0 Å². The average Bonchev–Trinajstić information content (AvgIpc) is 2.95. The minimum Gasteiger partial charge on any atom is -0.463 e. The minimum atomic E-state index is -0.657. The Bertz CT molecular complexity index is 360. The number of fused-ring (bicyclic) bond motifs is 2. The molecule has 2 fully saturated rings. The molecule has 1 heterocycles. The molecule has 3 aliphatic rings. The van der Waals surface area contributed by atoms with Gasteiger partial charge in [0.15, 0.2) is 0 Å². The Morgan fingerprint density at radius 2 is 2.25 bits per heavy atom. The molecule has 4 atom stereocenters. The average molecular weight is 222 g/mol. The van der Waals surface area contributed by atoms with Crippen LogP contribution < -0.4 is 0 Å². The number of allylic oxidation sites excluding steroid dienone is 2. The van der Waals surface area contributed by atoms with Gasteiger partial charge in [-0.2, -0.15) is 0 Å². The zero-order valence-corrected chi connectivity index (χ0v) is 8.93. The second-order valence-electron chi connectivity index (χ2n) is 4.77. The fourth-order valence-electron chi connectivity index (χ4n) is 2.86. The Labute approximate surface area is 93.6 Å². The van der Waals surface area contributed by atoms with Crippen molar-refractivity contribution in [2.45, 2.75) is 25.4 Å². The molecule has 0 radical (unpaired) electrons. The summed E-state index contributed by atoms with van der Waals surface area (Å²) in [7, 11) is 0. The Kier molecular flexibility index (Phi) is 2.23. The van der Waals surface area contributed by atoms with Crippen LogP contribution in [0.3, 0.4) is 0 Å². The van der Waals surface area contributed by atoms with Gasteiger partial charge < -0.3 is 9.47 Å². The number of hydrogen-bond acceptors (Lipinski definition) is 4. The third kappa shape index (κ3) is 1.52. The highest BCUT2D eigenvalue weighted by Gasteiger charge is 2.42. The highest BCUT2D eigenvalue weighted by atomic mass is 16.6. The van der Waals surface area contributed by atoms with E-state index in [4.69, 9.17) is 9.47 Å². The predicted molar refractivity (Wildman–Crippen MR) is 54.3 cm³/mol. The van der Waals surface area contributed by atoms with Gasteiger partial charge in [-0.15, -0.1) is 0 Å². The first-order valence-corrected chi connectivity index (χ1v) is 5.79. The molecule has 1 saturated carbocycles. The molecule has 1 unspecified atom stereocenters. The van der Waals surface area contributed by atoms with E-state index in [2.05, 4.69) is 12.2 Å². The fraction of sp³-hybridized carbons (Fsp3) is 0.667. The van der Waals surface area contributed by atoms with Gasteiger partial charge in [0.2, 0.25) is 6.10 Å². The Balaban J connectivity index is 1.61. The molecule has 1 saturated heterocycles. The summed E-state index contributed by atoms with van der Waals surface area (Å²) in [5.41, 5.74) is 0. The van der Waals surface area contributed by atoms with Gasteiger partial charge in [-0.25, -0.2) is 4.79 Å². The van der Waals surface area contributed by atoms with Crippen LogP contribution in [0.2, 0.25) is 0 Å². The summed E-state index contributed by atoms with van der Waals surface area (Å²) in [6.45, 7) is 0.368. The second-order valence-corrected chi connectivity index (χ2v) is 4.77. The van der Waals surface area contributed by atoms with E-state index in [0.717, 1.165) is 12.8 Å². The van der Waals surface area contributed by atoms with Crippen LogP contribution in [0, 0.1) is 17.8 Å². The van der Waals surface area contributed by atoms with E-state index in [1.165, 1.54) is 0 Å². The van der Waals surface area contributed by atoms with Crippen molar-refractivity contribution >= 4 is 11.9 Å². The molecule has 2 bridgehead atoms. The monoisotopic (exact) mass is 222 g/mol. The van der Waals surface area contributed by atoms with Crippen LogP contribution >= 0.6 is 0 Å². The molecule has 2 aliphatic carbocycles. The quantitative estimate of drug-likeness (QED) is 0.518. The molecule has 0 amide bonds. The first-order chi connectivity index (χ1) is 7.74. The maximum absolute atomic E-state index is 11.9. The number of carbonyl (C=O) groups is 2. The van der Waals surface area contributed by atoms with Gasteiger partial charge in [0.1, 0.15) is 0 Å². The smallest absolute Gasteiger partial charge is 0.347 e. The Morgan fingerprint density at radius 3 is 2.81 bits per heavy atom. The van der Waals surface area contributed by atoms with Gasteiger partial charge in [-0.3, -0.25) is 4.79 Å². The molecule has 0 aromatic rings. The molecule has 16 heavy (non-hydrogen) atoms. The van der Waals surface area contributed by atoms with E-state index in [0.29, 0.717) is 24.9 Å². The third-order valence-corrected chi connectivity index (χ3v) is 3.73. The van der Waals surface area contributed by atoms with Gasteiger partial charge in [-0.05, 0) is 24.7 Å². The second kappa shape index (κ2) is 3.61. The first kappa shape index (κ1) is 9.87. The van der Waals surface area contributed by atoms with E-state index in [1.54, 1.807) is 0 Å². The minimum absolute atomic E-state index is 0.0385. The van der Waals surface area contributed by atoms with E-state index in [1.807, 2.05) is 0 Å². The summed E-state index contributed by atoms with van der Waals surface area (Å²) in [6, 6.07) is 0. The SMILES string of the molecule is O=C1OCCC1OC(=O)[C@H]1C[C@@H]2C=C[C@H]1C2. The lowest BCUT2D eigenvalue weighted by atomic mass is 9.94. The Morgan fingerprint density at radius 1 is 1.38 bits per heavy atom. The molecular formula is C12H14O4. The molecule has 4 heteroatoms. The molecular weight excluding hydrogens is 208 g/mol. The van der Waals surface area contributed by atoms with Crippen molar-refractivity contribution in [2.75, 3.05) is 6.61 Å². The van der Waals surface area contributed by atoms with Gasteiger partial charge in [0.25, 0.3) is 0 Å². The fourth-order valence-corrected chi connectivity index (χ4v) is 2.86. The zero-order chi connectivity index (χ0) is 11.1. The van der Waals surface area contributed by atoms with Gasteiger partial charge in [0.05, 0.1) is 12.5 Å². The standard InChI is InChI=1S/C12H14O4/c13-11(16-10-3-4-15-12(10)14)9-6-7-1-2-8(9)5-7/h1-2,7-10H,3-6H2/t7-,8+,9+,10?/m1/s1. The van der Waals surface area contributed by atoms with Crippen LogP contribution in [-0.2, 0) is 19.1 Å². The van der Waals surface area contributed by atoms with Crippen LogP contribution in [0.4, 0.5) is 0 Å². The van der Waals surface area contributed by atoms with Crippen molar-refractivity contribution in [3.05, 3.63) is 12.2 Å². The number of ether oxygens (including phenoxy) is 2. The molecule has 3 rings (SSSR count). The van der Waals surface area contributed by atoms with Crippen LogP contribution in [0.5, 0.6) is 0 Å². The van der Waals surface area contributed by atoms with Crippen molar-refractivity contribution < 1.29 is 19.1 Å². The summed E-state index contributed by atoms with van der Waals surface area (Å²) in [6.07, 6.45) is 6.07. The Hall–Kier alpha value is -1.32. The van der Waals surface area contributed by atoms with Gasteiger partial charge in [-0.1, -0.05) is 12.2 Å². The number of rotatable bonds is 2. The highest BCUT2D eigenvalue weighted by molar-refractivity contribution is 5.82. The molecule has 4 nitrogen and oxygen atoms in total. The molecule has 0 spiro atoms. The number of hydrogen-bond donors (Lipinski definition) is 0. The largest absolute Gasteiger partial charge is 0.463 e. The maximum atomic E-state index is 11.9. The van der Waals surface area contributed by atoms with Crippen LogP contribution in [0.25, 0.3) is 0 Å². The summed E-state index contributed by atoms with van der Waals surface area (Å²) < 4.78 is 9.97. The van der Waals surface area contributed by atoms with Crippen LogP contribution in [-0.4, -0.2) is 24.6 Å². The predicted octanol–water partition coefficient (Wildman–Crippen LogP) is 1.06. The van der Waals surface area contributed by atoms with Gasteiger partial charge >= 0.3 is 11.9 Å². The molecule has 1 aliphatic heterocycles. The van der Waals surface area contributed by atoms with Crippen LogP contribution in [0.1, 0.15) is 19.3 Å². The molecule has 0 aromatic carbocycles. The zero-order valence-electron chi connectivity index (χ0n) is 8.93. The van der Waals surface area contributed by atoms with Gasteiger partial charge in [0, 0.05) is 6.42 Å². The summed E-state index contributed by atoms with van der Waals surface area (Å²) in [5.74, 6) is 0.212. The molecule has 0 aromatic heterocycles. The highest BCUT2D eigenvalue weighted by Crippen LogP contribution is 2.44. The normalized spacial score (nSPS) is 40.1. The van der Waals surface area contributed by atoms with Crippen molar-refractivity contribution in [3.8, 4) is 0 Å². The van der Waals surface area contributed by atoms with Crippen molar-refractivity contribution in [1.82, 2.24) is 0 Å². The van der Waals surface area contributed by atoms with E-state index in [-0.39, 0.29) is 11.9 Å². The van der Waals surface area contributed by atoms with E-state index in [9.17, 15) is 9.59 Å².